The molecule has 1 aromatic heterocycles. The van der Waals surface area contributed by atoms with Crippen LogP contribution in [0.5, 0.6) is 0 Å². The van der Waals surface area contributed by atoms with Gasteiger partial charge in [-0.3, -0.25) is 4.57 Å². The van der Waals surface area contributed by atoms with Crippen LogP contribution in [-0.2, 0) is 0 Å². The number of hydrogen-bond donors (Lipinski definition) is 0. The number of benzene rings is 1. The Labute approximate surface area is 92.4 Å². The van der Waals surface area contributed by atoms with Crippen molar-refractivity contribution < 1.29 is 9.90 Å². The highest BCUT2D eigenvalue weighted by atomic mass is 16.4. The Morgan fingerprint density at radius 2 is 1.75 bits per heavy atom. The minimum atomic E-state index is -1.21. The van der Waals surface area contributed by atoms with Crippen molar-refractivity contribution in [3.8, 4) is 5.69 Å². The number of hydrogen-bond acceptors (Lipinski definition) is 4. The number of carbonyl (C=O) groups is 1. The molecule has 2 rings (SSSR count). The largest absolute Gasteiger partial charge is 0.545 e. The van der Waals surface area contributed by atoms with Gasteiger partial charge in [-0.1, -0.05) is 18.2 Å². The molecule has 0 saturated carbocycles. The van der Waals surface area contributed by atoms with Gasteiger partial charge in [0.15, 0.2) is 0 Å². The fourth-order valence-corrected chi connectivity index (χ4v) is 1.66. The molecule has 0 saturated heterocycles. The van der Waals surface area contributed by atoms with E-state index in [2.05, 4.69) is 10.2 Å². The molecule has 5 nitrogen and oxygen atoms in total. The summed E-state index contributed by atoms with van der Waals surface area (Å²) < 4.78 is 1.69. The Kier molecular flexibility index (Phi) is 2.44. The van der Waals surface area contributed by atoms with Crippen LogP contribution < -0.4 is 5.11 Å². The van der Waals surface area contributed by atoms with Gasteiger partial charge in [0.25, 0.3) is 0 Å². The Bertz CT molecular complexity index is 526. The van der Waals surface area contributed by atoms with Crippen molar-refractivity contribution in [3.05, 3.63) is 41.5 Å². The second-order valence-electron chi connectivity index (χ2n) is 3.43. The van der Waals surface area contributed by atoms with Crippen LogP contribution in [-0.4, -0.2) is 20.7 Å². The smallest absolute Gasteiger partial charge is 0.134 e. The minimum Gasteiger partial charge on any atom is -0.545 e. The molecule has 5 heteroatoms. The van der Waals surface area contributed by atoms with Gasteiger partial charge < -0.3 is 9.90 Å². The first kappa shape index (κ1) is 10.4. The molecule has 16 heavy (non-hydrogen) atoms. The Hall–Kier alpha value is -2.17. The molecule has 0 aliphatic carbocycles. The van der Waals surface area contributed by atoms with E-state index >= 15 is 0 Å². The van der Waals surface area contributed by atoms with Crippen LogP contribution in [0.3, 0.4) is 0 Å². The summed E-state index contributed by atoms with van der Waals surface area (Å²) in [6.07, 6.45) is 0. The number of carbonyl (C=O) groups excluding carboxylic acids is 1. The van der Waals surface area contributed by atoms with Crippen LogP contribution >= 0.6 is 0 Å². The number of para-hydroxylation sites is 1. The molecule has 0 spiro atoms. The average molecular weight is 216 g/mol. The van der Waals surface area contributed by atoms with Crippen molar-refractivity contribution >= 4 is 5.97 Å². The van der Waals surface area contributed by atoms with Gasteiger partial charge in [0.2, 0.25) is 0 Å². The third-order valence-corrected chi connectivity index (χ3v) is 2.35. The van der Waals surface area contributed by atoms with E-state index < -0.39 is 5.97 Å². The van der Waals surface area contributed by atoms with Crippen LogP contribution in [0.15, 0.2) is 24.3 Å². The number of carboxylic acids is 1. The Balaban J connectivity index is 2.69. The zero-order chi connectivity index (χ0) is 11.7. The topological polar surface area (TPSA) is 70.8 Å². The summed E-state index contributed by atoms with van der Waals surface area (Å²) in [7, 11) is 0. The molecule has 0 amide bonds. The molecule has 0 fully saturated rings. The lowest BCUT2D eigenvalue weighted by atomic mass is 10.1. The highest BCUT2D eigenvalue weighted by molar-refractivity contribution is 5.90. The predicted molar refractivity (Wildman–Crippen MR) is 55.2 cm³/mol. The van der Waals surface area contributed by atoms with Gasteiger partial charge in [0.1, 0.15) is 11.6 Å². The van der Waals surface area contributed by atoms with E-state index in [-0.39, 0.29) is 5.56 Å². The average Bonchev–Trinajstić information content (AvgIpc) is 2.58. The number of carboxylic acid groups (broad SMARTS) is 1. The van der Waals surface area contributed by atoms with Gasteiger partial charge >= 0.3 is 0 Å². The van der Waals surface area contributed by atoms with E-state index in [4.69, 9.17) is 0 Å². The van der Waals surface area contributed by atoms with E-state index in [1.165, 1.54) is 6.07 Å². The molecular weight excluding hydrogens is 206 g/mol. The van der Waals surface area contributed by atoms with Crippen molar-refractivity contribution in [2.45, 2.75) is 13.8 Å². The van der Waals surface area contributed by atoms with Crippen LogP contribution in [0.25, 0.3) is 5.69 Å². The molecule has 0 radical (unpaired) electrons. The molecule has 0 N–H and O–H groups in total. The number of aryl methyl sites for hydroxylation is 2. The molecule has 1 heterocycles. The first-order chi connectivity index (χ1) is 7.61. The molecule has 0 bridgehead atoms. The Morgan fingerprint density at radius 3 is 2.31 bits per heavy atom. The maximum Gasteiger partial charge on any atom is 0.134 e. The highest BCUT2D eigenvalue weighted by Gasteiger charge is 2.10. The fourth-order valence-electron chi connectivity index (χ4n) is 1.66. The van der Waals surface area contributed by atoms with Crippen molar-refractivity contribution in [1.82, 2.24) is 14.8 Å². The summed E-state index contributed by atoms with van der Waals surface area (Å²) in [4.78, 5) is 11.0. The van der Waals surface area contributed by atoms with Gasteiger partial charge in [0, 0.05) is 5.56 Å². The second kappa shape index (κ2) is 3.77. The summed E-state index contributed by atoms with van der Waals surface area (Å²) in [6.45, 7) is 3.54. The summed E-state index contributed by atoms with van der Waals surface area (Å²) in [5.41, 5.74) is 0.663. The SMILES string of the molecule is Cc1nnc(C)n1-c1ccccc1C(=O)[O-]. The van der Waals surface area contributed by atoms with Crippen molar-refractivity contribution in [3.63, 3.8) is 0 Å². The third-order valence-electron chi connectivity index (χ3n) is 2.35. The van der Waals surface area contributed by atoms with Gasteiger partial charge in [0.05, 0.1) is 11.7 Å². The monoisotopic (exact) mass is 216 g/mol. The standard InChI is InChI=1S/C11H11N3O2/c1-7-12-13-8(2)14(7)10-6-4-3-5-9(10)11(15)16/h3-6H,1-2H3,(H,15,16)/p-1. The predicted octanol–water partition coefficient (Wildman–Crippen LogP) is 0.248. The minimum absolute atomic E-state index is 0.133. The van der Waals surface area contributed by atoms with E-state index in [9.17, 15) is 9.90 Å². The first-order valence-corrected chi connectivity index (χ1v) is 4.80. The Morgan fingerprint density at radius 1 is 1.19 bits per heavy atom. The highest BCUT2D eigenvalue weighted by Crippen LogP contribution is 2.16. The normalized spacial score (nSPS) is 10.4. The van der Waals surface area contributed by atoms with E-state index in [0.717, 1.165) is 0 Å². The van der Waals surface area contributed by atoms with E-state index in [0.29, 0.717) is 17.3 Å². The number of aromatic nitrogens is 3. The molecule has 2 aromatic rings. The molecule has 0 unspecified atom stereocenters. The molecule has 0 atom stereocenters. The fraction of sp³-hybridized carbons (Fsp3) is 0.182. The quantitative estimate of drug-likeness (QED) is 0.721. The van der Waals surface area contributed by atoms with Gasteiger partial charge in [-0.2, -0.15) is 0 Å². The van der Waals surface area contributed by atoms with Gasteiger partial charge in [-0.05, 0) is 19.9 Å². The molecule has 82 valence electrons. The lowest BCUT2D eigenvalue weighted by molar-refractivity contribution is -0.255. The van der Waals surface area contributed by atoms with E-state index in [1.807, 2.05) is 0 Å². The zero-order valence-corrected chi connectivity index (χ0v) is 8.97. The number of aromatic carboxylic acids is 1. The first-order valence-electron chi connectivity index (χ1n) is 4.80. The maximum atomic E-state index is 11.0. The van der Waals surface area contributed by atoms with Gasteiger partial charge in [-0.25, -0.2) is 0 Å². The summed E-state index contributed by atoms with van der Waals surface area (Å²) in [6, 6.07) is 6.63. The second-order valence-corrected chi connectivity index (χ2v) is 3.43. The van der Waals surface area contributed by atoms with E-state index in [1.54, 1.807) is 36.6 Å². The number of nitrogens with zero attached hydrogens (tertiary/aromatic N) is 3. The van der Waals surface area contributed by atoms with Crippen LogP contribution in [0, 0.1) is 13.8 Å². The molecule has 0 aliphatic rings. The molecular formula is C11H10N3O2-. The van der Waals surface area contributed by atoms with Crippen LogP contribution in [0.4, 0.5) is 0 Å². The number of rotatable bonds is 2. The van der Waals surface area contributed by atoms with Crippen LogP contribution in [0.1, 0.15) is 22.0 Å². The molecule has 0 aliphatic heterocycles. The van der Waals surface area contributed by atoms with Crippen molar-refractivity contribution in [1.29, 1.82) is 0 Å². The summed E-state index contributed by atoms with van der Waals surface area (Å²) in [5.74, 6) is 0.0838. The maximum absolute atomic E-state index is 11.0. The van der Waals surface area contributed by atoms with Gasteiger partial charge in [-0.15, -0.1) is 10.2 Å². The van der Waals surface area contributed by atoms with Crippen molar-refractivity contribution in [2.75, 3.05) is 0 Å². The zero-order valence-electron chi connectivity index (χ0n) is 8.97. The summed E-state index contributed by atoms with van der Waals surface area (Å²) in [5, 5.41) is 18.8. The van der Waals surface area contributed by atoms with Crippen molar-refractivity contribution in [2.24, 2.45) is 0 Å². The third kappa shape index (κ3) is 1.56. The molecule has 1 aromatic carbocycles. The van der Waals surface area contributed by atoms with Crippen LogP contribution in [0.2, 0.25) is 0 Å². The lowest BCUT2D eigenvalue weighted by Crippen LogP contribution is -2.24. The summed E-state index contributed by atoms with van der Waals surface area (Å²) >= 11 is 0. The lowest BCUT2D eigenvalue weighted by Gasteiger charge is -2.12.